The fraction of sp³-hybridized carbons (Fsp3) is 0.300. The zero-order valence-corrected chi connectivity index (χ0v) is 23.1. The second-order valence-electron chi connectivity index (χ2n) is 9.42. The monoisotopic (exact) mass is 566 g/mol. The van der Waals surface area contributed by atoms with Crippen molar-refractivity contribution in [1.29, 1.82) is 0 Å². The van der Waals surface area contributed by atoms with Crippen molar-refractivity contribution >= 4 is 35.4 Å². The van der Waals surface area contributed by atoms with E-state index in [2.05, 4.69) is 12.2 Å². The fourth-order valence-corrected chi connectivity index (χ4v) is 4.76. The number of amides is 2. The number of halogens is 1. The quantitative estimate of drug-likeness (QED) is 0.283. The van der Waals surface area contributed by atoms with Gasteiger partial charge in [0.2, 0.25) is 0 Å². The van der Waals surface area contributed by atoms with Crippen molar-refractivity contribution in [3.05, 3.63) is 82.4 Å². The van der Waals surface area contributed by atoms with Crippen molar-refractivity contribution in [2.45, 2.75) is 32.8 Å². The minimum absolute atomic E-state index is 0.00419. The number of carbonyl (C=O) groups excluding carboxylic acids is 2. The van der Waals surface area contributed by atoms with E-state index in [4.69, 9.17) is 30.9 Å². The molecule has 1 atom stereocenters. The summed E-state index contributed by atoms with van der Waals surface area (Å²) in [6.45, 7) is 4.75. The summed E-state index contributed by atoms with van der Waals surface area (Å²) in [5, 5.41) is 11.7. The van der Waals surface area contributed by atoms with Crippen molar-refractivity contribution in [3.63, 3.8) is 0 Å². The Hall–Kier alpha value is -4.24. The van der Waals surface area contributed by atoms with E-state index >= 15 is 0 Å². The standard InChI is InChI=1S/C30H31ClN2O7/c1-19-17-33(30(37)39-15-14-38-26-11-5-9-24(31)20(26)2)25-10-4-8-23(28(19)25)22-7-3-6-21(16-22)18-40-29(36)32-13-12-27(34)35/h3-11,16,19H,12-15,17-18H2,1-2H3,(H,32,36)(H,34,35)/t19-/m0/s1. The highest BCUT2D eigenvalue weighted by atomic mass is 35.5. The summed E-state index contributed by atoms with van der Waals surface area (Å²) in [6, 6.07) is 18.9. The molecule has 0 aliphatic carbocycles. The Labute approximate surface area is 237 Å². The van der Waals surface area contributed by atoms with E-state index in [-0.39, 0.29) is 38.7 Å². The van der Waals surface area contributed by atoms with Crippen LogP contribution in [0.5, 0.6) is 5.75 Å². The van der Waals surface area contributed by atoms with Gasteiger partial charge in [0.25, 0.3) is 0 Å². The summed E-state index contributed by atoms with van der Waals surface area (Å²) in [4.78, 5) is 37.1. The van der Waals surface area contributed by atoms with Crippen LogP contribution in [0.1, 0.15) is 36.0 Å². The van der Waals surface area contributed by atoms with E-state index in [1.165, 1.54) is 0 Å². The number of nitrogens with one attached hydrogen (secondary N) is 1. The van der Waals surface area contributed by atoms with Crippen molar-refractivity contribution in [2.24, 2.45) is 0 Å². The first-order valence-corrected chi connectivity index (χ1v) is 13.3. The number of carboxylic acid groups (broad SMARTS) is 1. The molecule has 0 radical (unpaired) electrons. The number of hydrogen-bond donors (Lipinski definition) is 2. The van der Waals surface area contributed by atoms with E-state index in [1.807, 2.05) is 55.5 Å². The van der Waals surface area contributed by atoms with E-state index in [0.717, 1.165) is 33.5 Å². The average Bonchev–Trinajstić information content (AvgIpc) is 3.28. The number of ether oxygens (including phenoxy) is 3. The lowest BCUT2D eigenvalue weighted by molar-refractivity contribution is -0.136. The zero-order chi connectivity index (χ0) is 28.6. The number of alkyl carbamates (subject to hydrolysis) is 1. The van der Waals surface area contributed by atoms with Gasteiger partial charge in [-0.3, -0.25) is 9.69 Å². The largest absolute Gasteiger partial charge is 0.490 e. The predicted molar refractivity (Wildman–Crippen MR) is 151 cm³/mol. The molecule has 0 saturated carbocycles. The lowest BCUT2D eigenvalue weighted by Crippen LogP contribution is -2.31. The number of aliphatic carboxylic acids is 1. The molecule has 1 aliphatic heterocycles. The first-order chi connectivity index (χ1) is 19.2. The van der Waals surface area contributed by atoms with Crippen LogP contribution in [0.3, 0.4) is 0 Å². The molecule has 0 spiro atoms. The van der Waals surface area contributed by atoms with Crippen molar-refractivity contribution < 1.29 is 33.7 Å². The van der Waals surface area contributed by atoms with E-state index < -0.39 is 18.2 Å². The Morgan fingerprint density at radius 3 is 2.62 bits per heavy atom. The number of anilines is 1. The second-order valence-corrected chi connectivity index (χ2v) is 9.83. The molecule has 9 nitrogen and oxygen atoms in total. The molecule has 4 rings (SSSR count). The molecule has 210 valence electrons. The smallest absolute Gasteiger partial charge is 0.414 e. The van der Waals surface area contributed by atoms with Gasteiger partial charge in [-0.25, -0.2) is 9.59 Å². The maximum atomic E-state index is 13.0. The van der Waals surface area contributed by atoms with Gasteiger partial charge >= 0.3 is 18.2 Å². The third-order valence-corrected chi connectivity index (χ3v) is 6.95. The number of rotatable bonds is 10. The van der Waals surface area contributed by atoms with Gasteiger partial charge in [-0.1, -0.05) is 54.9 Å². The number of carboxylic acids is 1. The highest BCUT2D eigenvalue weighted by Crippen LogP contribution is 2.42. The van der Waals surface area contributed by atoms with Crippen molar-refractivity contribution in [2.75, 3.05) is 31.2 Å². The maximum Gasteiger partial charge on any atom is 0.414 e. The Balaban J connectivity index is 1.39. The van der Waals surface area contributed by atoms with Crippen LogP contribution in [0.15, 0.2) is 60.7 Å². The van der Waals surface area contributed by atoms with Gasteiger partial charge in [-0.05, 0) is 53.4 Å². The molecule has 3 aromatic rings. The molecule has 1 heterocycles. The van der Waals surface area contributed by atoms with Gasteiger partial charge in [0.1, 0.15) is 25.6 Å². The van der Waals surface area contributed by atoms with Crippen LogP contribution in [-0.4, -0.2) is 49.6 Å². The Bertz CT molecular complexity index is 1390. The SMILES string of the molecule is Cc1c(Cl)cccc1OCCOC(=O)N1C[C@H](C)c2c(-c3cccc(COC(=O)NCCC(=O)O)c3)cccc21. The normalized spacial score (nSPS) is 13.9. The summed E-state index contributed by atoms with van der Waals surface area (Å²) in [6.07, 6.45) is -1.29. The molecule has 40 heavy (non-hydrogen) atoms. The highest BCUT2D eigenvalue weighted by Gasteiger charge is 2.33. The first kappa shape index (κ1) is 28.8. The van der Waals surface area contributed by atoms with Crippen LogP contribution >= 0.6 is 11.6 Å². The number of hydrogen-bond acceptors (Lipinski definition) is 6. The minimum Gasteiger partial charge on any atom is -0.490 e. The molecular weight excluding hydrogens is 536 g/mol. The molecule has 2 N–H and O–H groups in total. The summed E-state index contributed by atoms with van der Waals surface area (Å²) < 4.78 is 16.5. The molecule has 0 aromatic heterocycles. The predicted octanol–water partition coefficient (Wildman–Crippen LogP) is 6.16. The Morgan fingerprint density at radius 2 is 1.82 bits per heavy atom. The molecule has 0 bridgehead atoms. The first-order valence-electron chi connectivity index (χ1n) is 12.9. The topological polar surface area (TPSA) is 114 Å². The molecule has 3 aromatic carbocycles. The van der Waals surface area contributed by atoms with Crippen LogP contribution < -0.4 is 15.0 Å². The molecule has 2 amide bonds. The lowest BCUT2D eigenvalue weighted by Gasteiger charge is -2.18. The number of carbonyl (C=O) groups is 3. The van der Waals surface area contributed by atoms with Crippen LogP contribution in [-0.2, 0) is 20.9 Å². The van der Waals surface area contributed by atoms with E-state index in [0.29, 0.717) is 17.3 Å². The fourth-order valence-electron chi connectivity index (χ4n) is 4.60. The summed E-state index contributed by atoms with van der Waals surface area (Å²) in [5.41, 5.74) is 5.35. The number of nitrogens with zero attached hydrogens (tertiary/aromatic N) is 1. The van der Waals surface area contributed by atoms with E-state index in [9.17, 15) is 14.4 Å². The molecular formula is C30H31ClN2O7. The van der Waals surface area contributed by atoms with Gasteiger partial charge in [-0.15, -0.1) is 0 Å². The van der Waals surface area contributed by atoms with Crippen LogP contribution in [0, 0.1) is 6.92 Å². The number of fused-ring (bicyclic) bond motifs is 1. The molecule has 0 fully saturated rings. The van der Waals surface area contributed by atoms with E-state index in [1.54, 1.807) is 17.0 Å². The Morgan fingerprint density at radius 1 is 1.05 bits per heavy atom. The highest BCUT2D eigenvalue weighted by molar-refractivity contribution is 6.31. The van der Waals surface area contributed by atoms with Crippen molar-refractivity contribution in [1.82, 2.24) is 5.32 Å². The summed E-state index contributed by atoms with van der Waals surface area (Å²) in [5.74, 6) is -0.272. The molecule has 0 saturated heterocycles. The third-order valence-electron chi connectivity index (χ3n) is 6.54. The van der Waals surface area contributed by atoms with Gasteiger partial charge in [0.05, 0.1) is 12.1 Å². The average molecular weight is 567 g/mol. The van der Waals surface area contributed by atoms with Gasteiger partial charge in [-0.2, -0.15) is 0 Å². The van der Waals surface area contributed by atoms with Crippen LogP contribution in [0.4, 0.5) is 15.3 Å². The van der Waals surface area contributed by atoms with Gasteiger partial charge in [0.15, 0.2) is 0 Å². The molecule has 1 aliphatic rings. The summed E-state index contributed by atoms with van der Waals surface area (Å²) in [7, 11) is 0. The van der Waals surface area contributed by atoms with Gasteiger partial charge in [0, 0.05) is 29.6 Å². The lowest BCUT2D eigenvalue weighted by atomic mass is 9.92. The Kier molecular flexibility index (Phi) is 9.50. The van der Waals surface area contributed by atoms with Gasteiger partial charge < -0.3 is 24.6 Å². The van der Waals surface area contributed by atoms with Crippen LogP contribution in [0.2, 0.25) is 5.02 Å². The zero-order valence-electron chi connectivity index (χ0n) is 22.3. The van der Waals surface area contributed by atoms with Crippen molar-refractivity contribution in [3.8, 4) is 16.9 Å². The minimum atomic E-state index is -0.998. The molecule has 10 heteroatoms. The number of benzene rings is 3. The molecule has 0 unspecified atom stereocenters. The maximum absolute atomic E-state index is 13.0. The van der Waals surface area contributed by atoms with Crippen LogP contribution in [0.25, 0.3) is 11.1 Å². The second kappa shape index (κ2) is 13.2. The summed E-state index contributed by atoms with van der Waals surface area (Å²) >= 11 is 6.13. The third kappa shape index (κ3) is 7.04.